The number of nitrogens with two attached hydrogens (primary N) is 1. The predicted molar refractivity (Wildman–Crippen MR) is 147 cm³/mol. The summed E-state index contributed by atoms with van der Waals surface area (Å²) in [6.07, 6.45) is 6.92. The standard InChI is InChI=1S/C29H28FN7O2/c30-23-13-19(17-5-6-17)8-10-22(23)29(39)35-21-4-2-12-37(16-21)25-15-33-26(27(31)38)28(36-25)34-20-9-7-18-3-1-11-32-24(18)14-20/h1,3,7-11,13-15,17,21H,2,4-6,12,16H2,(H2,31,38)(H,34,36)(H,35,39)/t21-/m1/s1. The van der Waals surface area contributed by atoms with E-state index in [-0.39, 0.29) is 23.1 Å². The molecule has 39 heavy (non-hydrogen) atoms. The lowest BCUT2D eigenvalue weighted by Crippen LogP contribution is -2.48. The number of hydrogen-bond donors (Lipinski definition) is 3. The first-order chi connectivity index (χ1) is 18.9. The Morgan fingerprint density at radius 2 is 1.92 bits per heavy atom. The first-order valence-corrected chi connectivity index (χ1v) is 13.1. The lowest BCUT2D eigenvalue weighted by atomic mass is 10.0. The normalized spacial score (nSPS) is 17.2. The van der Waals surface area contributed by atoms with Gasteiger partial charge in [-0.1, -0.05) is 18.2 Å². The molecule has 1 aliphatic carbocycles. The number of hydrogen-bond acceptors (Lipinski definition) is 7. The molecule has 3 heterocycles. The number of nitrogens with one attached hydrogen (secondary N) is 2. The van der Waals surface area contributed by atoms with Crippen molar-refractivity contribution in [1.29, 1.82) is 0 Å². The first kappa shape index (κ1) is 24.7. The monoisotopic (exact) mass is 525 g/mol. The van der Waals surface area contributed by atoms with Gasteiger partial charge in [-0.05, 0) is 67.5 Å². The Bertz CT molecular complexity index is 1570. The minimum absolute atomic E-state index is 0.0202. The number of anilines is 3. The molecule has 9 nitrogen and oxygen atoms in total. The highest BCUT2D eigenvalue weighted by Gasteiger charge is 2.27. The molecule has 1 saturated carbocycles. The van der Waals surface area contributed by atoms with E-state index in [1.807, 2.05) is 41.3 Å². The van der Waals surface area contributed by atoms with Crippen LogP contribution in [-0.2, 0) is 0 Å². The highest BCUT2D eigenvalue weighted by molar-refractivity contribution is 5.97. The Morgan fingerprint density at radius 3 is 2.72 bits per heavy atom. The Morgan fingerprint density at radius 1 is 1.05 bits per heavy atom. The molecule has 1 aliphatic heterocycles. The highest BCUT2D eigenvalue weighted by atomic mass is 19.1. The van der Waals surface area contributed by atoms with Gasteiger partial charge in [-0.2, -0.15) is 0 Å². The highest BCUT2D eigenvalue weighted by Crippen LogP contribution is 2.40. The number of rotatable bonds is 7. The molecule has 2 aliphatic rings. The molecule has 10 heteroatoms. The zero-order valence-corrected chi connectivity index (χ0v) is 21.2. The Kier molecular flexibility index (Phi) is 6.52. The molecule has 1 saturated heterocycles. The van der Waals surface area contributed by atoms with Crippen molar-refractivity contribution in [3.05, 3.63) is 83.6 Å². The van der Waals surface area contributed by atoms with Gasteiger partial charge in [0.1, 0.15) is 11.6 Å². The summed E-state index contributed by atoms with van der Waals surface area (Å²) in [5.74, 6) is -0.419. The summed E-state index contributed by atoms with van der Waals surface area (Å²) in [5.41, 5.74) is 8.08. The van der Waals surface area contributed by atoms with Crippen molar-refractivity contribution in [1.82, 2.24) is 20.3 Å². The maximum Gasteiger partial charge on any atom is 0.271 e. The molecule has 1 atom stereocenters. The number of nitrogens with zero attached hydrogens (tertiary/aromatic N) is 4. The third kappa shape index (κ3) is 5.36. The molecule has 198 valence electrons. The molecule has 0 bridgehead atoms. The molecular formula is C29H28FN7O2. The van der Waals surface area contributed by atoms with Crippen LogP contribution in [0.5, 0.6) is 0 Å². The van der Waals surface area contributed by atoms with Crippen molar-refractivity contribution < 1.29 is 14.0 Å². The second kappa shape index (κ2) is 10.3. The third-order valence-electron chi connectivity index (χ3n) is 7.23. The molecule has 0 unspecified atom stereocenters. The maximum absolute atomic E-state index is 14.7. The number of aromatic nitrogens is 3. The fraction of sp³-hybridized carbons (Fsp3) is 0.276. The SMILES string of the molecule is NC(=O)c1ncc(N2CCC[C@@H](NC(=O)c3ccc(C4CC4)cc3F)C2)nc1Nc1ccc2cccnc2c1. The van der Waals surface area contributed by atoms with Crippen LogP contribution in [0.15, 0.2) is 60.9 Å². The van der Waals surface area contributed by atoms with Crippen LogP contribution in [0.2, 0.25) is 0 Å². The number of piperidine rings is 1. The van der Waals surface area contributed by atoms with E-state index >= 15 is 0 Å². The third-order valence-corrected chi connectivity index (χ3v) is 7.23. The minimum Gasteiger partial charge on any atom is -0.364 e. The fourth-order valence-corrected chi connectivity index (χ4v) is 5.03. The van der Waals surface area contributed by atoms with Crippen LogP contribution in [0.3, 0.4) is 0 Å². The Labute approximate surface area is 224 Å². The van der Waals surface area contributed by atoms with Gasteiger partial charge in [-0.3, -0.25) is 14.6 Å². The second-order valence-electron chi connectivity index (χ2n) is 10.1. The van der Waals surface area contributed by atoms with Gasteiger partial charge in [0.2, 0.25) is 0 Å². The fourth-order valence-electron chi connectivity index (χ4n) is 5.03. The van der Waals surface area contributed by atoms with Crippen LogP contribution in [0.25, 0.3) is 10.9 Å². The summed E-state index contributed by atoms with van der Waals surface area (Å²) in [6.45, 7) is 1.16. The number of benzene rings is 2. The van der Waals surface area contributed by atoms with Crippen LogP contribution in [0.4, 0.5) is 21.7 Å². The van der Waals surface area contributed by atoms with Gasteiger partial charge in [-0.15, -0.1) is 0 Å². The van der Waals surface area contributed by atoms with E-state index in [1.54, 1.807) is 12.3 Å². The maximum atomic E-state index is 14.7. The van der Waals surface area contributed by atoms with Crippen LogP contribution in [0, 0.1) is 5.82 Å². The Hall–Kier alpha value is -4.60. The van der Waals surface area contributed by atoms with E-state index in [9.17, 15) is 14.0 Å². The van der Waals surface area contributed by atoms with E-state index < -0.39 is 17.6 Å². The van der Waals surface area contributed by atoms with Crippen molar-refractivity contribution >= 4 is 40.0 Å². The van der Waals surface area contributed by atoms with Crippen molar-refractivity contribution in [2.24, 2.45) is 5.73 Å². The summed E-state index contributed by atoms with van der Waals surface area (Å²) in [5, 5.41) is 7.12. The van der Waals surface area contributed by atoms with Crippen molar-refractivity contribution in [2.75, 3.05) is 23.3 Å². The summed E-state index contributed by atoms with van der Waals surface area (Å²) in [6, 6.07) is 14.2. The number of primary amides is 1. The number of halogens is 1. The lowest BCUT2D eigenvalue weighted by molar-refractivity contribution is 0.0927. The average Bonchev–Trinajstić information content (AvgIpc) is 3.79. The van der Waals surface area contributed by atoms with Gasteiger partial charge in [0.05, 0.1) is 17.3 Å². The number of carbonyl (C=O) groups excluding carboxylic acids is 2. The van der Waals surface area contributed by atoms with E-state index in [4.69, 9.17) is 5.73 Å². The molecule has 4 N–H and O–H groups in total. The van der Waals surface area contributed by atoms with Crippen LogP contribution in [0.1, 0.15) is 58.0 Å². The molecule has 2 amide bonds. The summed E-state index contributed by atoms with van der Waals surface area (Å²) < 4.78 is 14.7. The predicted octanol–water partition coefficient (Wildman–Crippen LogP) is 4.28. The zero-order valence-electron chi connectivity index (χ0n) is 21.2. The molecule has 2 fully saturated rings. The number of fused-ring (bicyclic) bond motifs is 1. The largest absolute Gasteiger partial charge is 0.364 e. The van der Waals surface area contributed by atoms with Crippen LogP contribution >= 0.6 is 0 Å². The van der Waals surface area contributed by atoms with Crippen LogP contribution < -0.4 is 21.3 Å². The van der Waals surface area contributed by atoms with Crippen molar-refractivity contribution in [3.8, 4) is 0 Å². The molecule has 2 aromatic heterocycles. The molecule has 0 radical (unpaired) electrons. The number of amides is 2. The van der Waals surface area contributed by atoms with E-state index in [1.165, 1.54) is 12.3 Å². The molecule has 4 aromatic rings. The summed E-state index contributed by atoms with van der Waals surface area (Å²) >= 11 is 0. The average molecular weight is 526 g/mol. The van der Waals surface area contributed by atoms with Gasteiger partial charge in [-0.25, -0.2) is 14.4 Å². The van der Waals surface area contributed by atoms with Crippen molar-refractivity contribution in [3.63, 3.8) is 0 Å². The first-order valence-electron chi connectivity index (χ1n) is 13.1. The molecular weight excluding hydrogens is 497 g/mol. The van der Waals surface area contributed by atoms with Gasteiger partial charge in [0.15, 0.2) is 11.5 Å². The molecule has 6 rings (SSSR count). The van der Waals surface area contributed by atoms with Crippen LogP contribution in [-0.4, -0.2) is 45.9 Å². The minimum atomic E-state index is -0.700. The quantitative estimate of drug-likeness (QED) is 0.329. The summed E-state index contributed by atoms with van der Waals surface area (Å²) in [7, 11) is 0. The van der Waals surface area contributed by atoms with Crippen molar-refractivity contribution in [2.45, 2.75) is 37.6 Å². The van der Waals surface area contributed by atoms with Gasteiger partial charge < -0.3 is 21.3 Å². The van der Waals surface area contributed by atoms with Gasteiger partial charge >= 0.3 is 0 Å². The number of pyridine rings is 1. The van der Waals surface area contributed by atoms with E-state index in [2.05, 4.69) is 25.6 Å². The topological polar surface area (TPSA) is 126 Å². The summed E-state index contributed by atoms with van der Waals surface area (Å²) in [4.78, 5) is 40.3. The van der Waals surface area contributed by atoms with Gasteiger partial charge in [0, 0.05) is 36.4 Å². The smallest absolute Gasteiger partial charge is 0.271 e. The lowest BCUT2D eigenvalue weighted by Gasteiger charge is -2.34. The Balaban J connectivity index is 1.19. The van der Waals surface area contributed by atoms with E-state index in [0.717, 1.165) is 42.1 Å². The molecule has 0 spiro atoms. The number of carbonyl (C=O) groups is 2. The second-order valence-corrected chi connectivity index (χ2v) is 10.1. The molecule has 2 aromatic carbocycles. The van der Waals surface area contributed by atoms with Gasteiger partial charge in [0.25, 0.3) is 11.8 Å². The van der Waals surface area contributed by atoms with E-state index in [0.29, 0.717) is 30.5 Å². The zero-order chi connectivity index (χ0) is 26.9.